The van der Waals surface area contributed by atoms with Crippen molar-refractivity contribution >= 4 is 21.6 Å². The van der Waals surface area contributed by atoms with Gasteiger partial charge in [0.1, 0.15) is 9.84 Å². The molecule has 3 nitrogen and oxygen atoms in total. The number of thioether (sulfide) groups is 1. The average Bonchev–Trinajstić information content (AvgIpc) is 2.51. The fourth-order valence-electron chi connectivity index (χ4n) is 1.96. The second-order valence-electron chi connectivity index (χ2n) is 4.17. The van der Waals surface area contributed by atoms with Crippen molar-refractivity contribution in [3.05, 3.63) is 0 Å². The third-order valence-corrected chi connectivity index (χ3v) is 4.87. The minimum Gasteiger partial charge on any atom is -0.313 e. The molecule has 1 saturated carbocycles. The highest BCUT2D eigenvalue weighted by atomic mass is 32.2. The van der Waals surface area contributed by atoms with Crippen molar-refractivity contribution in [3.8, 4) is 0 Å². The van der Waals surface area contributed by atoms with Gasteiger partial charge < -0.3 is 5.32 Å². The van der Waals surface area contributed by atoms with Crippen LogP contribution in [0.5, 0.6) is 0 Å². The van der Waals surface area contributed by atoms with Gasteiger partial charge in [0.05, 0.1) is 5.75 Å². The van der Waals surface area contributed by atoms with E-state index in [-0.39, 0.29) is 5.75 Å². The molecular weight excluding hydrogens is 230 g/mol. The molecule has 0 saturated heterocycles. The molecule has 0 aromatic heterocycles. The molecule has 2 unspecified atom stereocenters. The fraction of sp³-hybridized carbons (Fsp3) is 1.00. The summed E-state index contributed by atoms with van der Waals surface area (Å²) >= 11 is 2.02. The quantitative estimate of drug-likeness (QED) is 0.773. The summed E-state index contributed by atoms with van der Waals surface area (Å²) in [6.07, 6.45) is 4.96. The van der Waals surface area contributed by atoms with Gasteiger partial charge in [-0.1, -0.05) is 6.92 Å². The van der Waals surface area contributed by atoms with Crippen molar-refractivity contribution in [1.82, 2.24) is 5.32 Å². The van der Waals surface area contributed by atoms with E-state index in [2.05, 4.69) is 12.2 Å². The first kappa shape index (κ1) is 13.3. The molecule has 1 aliphatic carbocycles. The van der Waals surface area contributed by atoms with E-state index in [4.69, 9.17) is 0 Å². The molecule has 0 aromatic rings. The van der Waals surface area contributed by atoms with E-state index < -0.39 is 9.84 Å². The fourth-order valence-corrected chi connectivity index (χ4v) is 3.59. The Morgan fingerprint density at radius 2 is 2.13 bits per heavy atom. The maximum absolute atomic E-state index is 10.9. The molecule has 0 amide bonds. The van der Waals surface area contributed by atoms with Crippen LogP contribution < -0.4 is 5.32 Å². The molecule has 1 N–H and O–H groups in total. The van der Waals surface area contributed by atoms with Crippen molar-refractivity contribution in [2.24, 2.45) is 0 Å². The molecule has 1 rings (SSSR count). The van der Waals surface area contributed by atoms with Crippen LogP contribution in [0.4, 0.5) is 0 Å². The van der Waals surface area contributed by atoms with Crippen LogP contribution >= 0.6 is 11.8 Å². The first-order chi connectivity index (χ1) is 7.01. The molecule has 90 valence electrons. The van der Waals surface area contributed by atoms with Gasteiger partial charge in [0, 0.05) is 24.1 Å². The lowest BCUT2D eigenvalue weighted by molar-refractivity contribution is 0.538. The third-order valence-electron chi connectivity index (χ3n) is 2.69. The van der Waals surface area contributed by atoms with Crippen molar-refractivity contribution in [3.63, 3.8) is 0 Å². The lowest BCUT2D eigenvalue weighted by atomic mass is 10.2. The summed E-state index contributed by atoms with van der Waals surface area (Å²) in [7, 11) is -2.81. The van der Waals surface area contributed by atoms with E-state index in [9.17, 15) is 8.42 Å². The van der Waals surface area contributed by atoms with Gasteiger partial charge in [-0.05, 0) is 25.0 Å². The van der Waals surface area contributed by atoms with E-state index in [0.29, 0.717) is 12.6 Å². The Hall–Kier alpha value is 0.260. The summed E-state index contributed by atoms with van der Waals surface area (Å²) in [5, 5.41) is 4.12. The monoisotopic (exact) mass is 251 g/mol. The molecule has 0 bridgehead atoms. The predicted octanol–water partition coefficient (Wildman–Crippen LogP) is 1.29. The van der Waals surface area contributed by atoms with Crippen LogP contribution in [0.15, 0.2) is 0 Å². The lowest BCUT2D eigenvalue weighted by Gasteiger charge is -2.12. The minimum atomic E-state index is -2.81. The first-order valence-electron chi connectivity index (χ1n) is 5.54. The maximum Gasteiger partial charge on any atom is 0.148 e. The molecule has 0 aromatic carbocycles. The average molecular weight is 251 g/mol. The molecule has 2 atom stereocenters. The van der Waals surface area contributed by atoms with E-state index in [1.807, 2.05) is 11.8 Å². The Morgan fingerprint density at radius 1 is 1.40 bits per heavy atom. The molecule has 0 radical (unpaired) electrons. The van der Waals surface area contributed by atoms with Crippen LogP contribution in [0.1, 0.15) is 26.2 Å². The van der Waals surface area contributed by atoms with E-state index in [1.54, 1.807) is 0 Å². The molecule has 0 aliphatic heterocycles. The van der Waals surface area contributed by atoms with Gasteiger partial charge >= 0.3 is 0 Å². The topological polar surface area (TPSA) is 46.2 Å². The second kappa shape index (κ2) is 6.11. The highest BCUT2D eigenvalue weighted by Gasteiger charge is 2.23. The predicted molar refractivity (Wildman–Crippen MR) is 67.3 cm³/mol. The van der Waals surface area contributed by atoms with E-state index >= 15 is 0 Å². The van der Waals surface area contributed by atoms with Crippen molar-refractivity contribution in [2.45, 2.75) is 37.5 Å². The Morgan fingerprint density at radius 3 is 2.73 bits per heavy atom. The maximum atomic E-state index is 10.9. The number of nitrogens with one attached hydrogen (secondary N) is 1. The normalized spacial score (nSPS) is 27.1. The van der Waals surface area contributed by atoms with Gasteiger partial charge in [0.2, 0.25) is 0 Å². The Labute approximate surface area is 97.3 Å². The molecular formula is C10H21NO2S2. The summed E-state index contributed by atoms with van der Waals surface area (Å²) in [5.41, 5.74) is 0. The van der Waals surface area contributed by atoms with Crippen molar-refractivity contribution < 1.29 is 8.42 Å². The second-order valence-corrected chi connectivity index (χ2v) is 8.01. The minimum absolute atomic E-state index is 0.259. The van der Waals surface area contributed by atoms with Gasteiger partial charge in [0.15, 0.2) is 0 Å². The zero-order chi connectivity index (χ0) is 11.3. The van der Waals surface area contributed by atoms with Crippen LogP contribution in [0.3, 0.4) is 0 Å². The van der Waals surface area contributed by atoms with E-state index in [0.717, 1.165) is 5.25 Å². The third kappa shape index (κ3) is 5.78. The van der Waals surface area contributed by atoms with Crippen LogP contribution in [0.25, 0.3) is 0 Å². The van der Waals surface area contributed by atoms with Gasteiger partial charge in [0.25, 0.3) is 0 Å². The summed E-state index contributed by atoms with van der Waals surface area (Å²) in [5.74, 6) is 1.44. The molecule has 5 heteroatoms. The lowest BCUT2D eigenvalue weighted by Crippen LogP contribution is -2.31. The van der Waals surface area contributed by atoms with Crippen LogP contribution in [-0.4, -0.2) is 44.0 Å². The first-order valence-corrected chi connectivity index (χ1v) is 8.65. The van der Waals surface area contributed by atoms with Crippen molar-refractivity contribution in [2.75, 3.05) is 24.3 Å². The largest absolute Gasteiger partial charge is 0.313 e. The van der Waals surface area contributed by atoms with Crippen LogP contribution in [-0.2, 0) is 9.84 Å². The molecule has 1 fully saturated rings. The summed E-state index contributed by atoms with van der Waals surface area (Å²) in [4.78, 5) is 0. The van der Waals surface area contributed by atoms with Gasteiger partial charge in [-0.2, -0.15) is 11.8 Å². The summed E-state index contributed by atoms with van der Waals surface area (Å²) in [6, 6.07) is 0.538. The smallest absolute Gasteiger partial charge is 0.148 e. The van der Waals surface area contributed by atoms with Crippen LogP contribution in [0.2, 0.25) is 0 Å². The zero-order valence-electron chi connectivity index (χ0n) is 9.53. The molecule has 0 spiro atoms. The molecule has 15 heavy (non-hydrogen) atoms. The zero-order valence-corrected chi connectivity index (χ0v) is 11.2. The number of hydrogen-bond donors (Lipinski definition) is 1. The van der Waals surface area contributed by atoms with Crippen LogP contribution in [0, 0.1) is 0 Å². The van der Waals surface area contributed by atoms with Gasteiger partial charge in [-0.25, -0.2) is 8.42 Å². The highest BCUT2D eigenvalue weighted by Crippen LogP contribution is 2.29. The Bertz CT molecular complexity index is 277. The van der Waals surface area contributed by atoms with E-state index in [1.165, 1.54) is 31.3 Å². The number of hydrogen-bond acceptors (Lipinski definition) is 4. The number of rotatable bonds is 6. The SMILES string of the molecule is CCSC1CCC(NCCS(C)(=O)=O)C1. The summed E-state index contributed by atoms with van der Waals surface area (Å²) in [6.45, 7) is 2.79. The highest BCUT2D eigenvalue weighted by molar-refractivity contribution is 7.99. The van der Waals surface area contributed by atoms with Crippen molar-refractivity contribution in [1.29, 1.82) is 0 Å². The molecule has 1 aliphatic rings. The van der Waals surface area contributed by atoms with Gasteiger partial charge in [-0.3, -0.25) is 0 Å². The summed E-state index contributed by atoms with van der Waals surface area (Å²) < 4.78 is 21.9. The Balaban J connectivity index is 2.14. The van der Waals surface area contributed by atoms with Gasteiger partial charge in [-0.15, -0.1) is 0 Å². The number of sulfone groups is 1. The molecule has 0 heterocycles. The Kier molecular flexibility index (Phi) is 5.43. The standard InChI is InChI=1S/C10H21NO2S2/c1-3-14-10-5-4-9(8-10)11-6-7-15(2,12)13/h9-11H,3-8H2,1-2H3.